The fourth-order valence-corrected chi connectivity index (χ4v) is 3.58. The number of hydrogen-bond donors (Lipinski definition) is 0. The molecule has 24 heavy (non-hydrogen) atoms. The molecule has 0 fully saturated rings. The van der Waals surface area contributed by atoms with E-state index in [0.29, 0.717) is 24.0 Å². The molecular weight excluding hydrogens is 310 g/mol. The van der Waals surface area contributed by atoms with Gasteiger partial charge in [-0.25, -0.2) is 10.0 Å². The van der Waals surface area contributed by atoms with Crippen molar-refractivity contribution in [3.05, 3.63) is 51.2 Å². The number of nitro benzene ring substituents is 1. The first kappa shape index (κ1) is 16.3. The second-order valence-electron chi connectivity index (χ2n) is 6.30. The highest BCUT2D eigenvalue weighted by atomic mass is 16.6. The summed E-state index contributed by atoms with van der Waals surface area (Å²) in [5, 5.41) is 14.3. The minimum atomic E-state index is -0.460. The molecule has 0 radical (unpaired) electrons. The van der Waals surface area contributed by atoms with Crippen LogP contribution in [0.15, 0.2) is 35.5 Å². The van der Waals surface area contributed by atoms with Crippen LogP contribution in [-0.2, 0) is 9.59 Å². The SMILES string of the molecule is CN(C)N1C(=O)CC(c2cccc([N+](=O)[O-])c2)C2=C1CCCC2=O. The molecule has 1 aromatic carbocycles. The van der Waals surface area contributed by atoms with Crippen molar-refractivity contribution in [2.45, 2.75) is 31.6 Å². The molecule has 1 amide bonds. The van der Waals surface area contributed by atoms with E-state index in [9.17, 15) is 19.7 Å². The van der Waals surface area contributed by atoms with Crippen molar-refractivity contribution >= 4 is 17.4 Å². The highest BCUT2D eigenvalue weighted by molar-refractivity contribution is 6.01. The maximum absolute atomic E-state index is 12.6. The van der Waals surface area contributed by atoms with Gasteiger partial charge in [-0.2, -0.15) is 0 Å². The van der Waals surface area contributed by atoms with Gasteiger partial charge in [0.25, 0.3) is 5.69 Å². The topological polar surface area (TPSA) is 83.8 Å². The molecule has 0 aromatic heterocycles. The monoisotopic (exact) mass is 329 g/mol. The number of carbonyl (C=O) groups is 2. The van der Waals surface area contributed by atoms with E-state index in [1.807, 2.05) is 0 Å². The third-order valence-corrected chi connectivity index (χ3v) is 4.53. The Balaban J connectivity index is 2.12. The Labute approximate surface area is 139 Å². The van der Waals surface area contributed by atoms with E-state index in [4.69, 9.17) is 0 Å². The largest absolute Gasteiger partial charge is 0.294 e. The average molecular weight is 329 g/mol. The number of allylic oxidation sites excluding steroid dienone is 2. The van der Waals surface area contributed by atoms with Crippen LogP contribution in [0.5, 0.6) is 0 Å². The zero-order valence-electron chi connectivity index (χ0n) is 13.7. The first-order chi connectivity index (χ1) is 11.4. The van der Waals surface area contributed by atoms with E-state index in [1.54, 1.807) is 36.2 Å². The lowest BCUT2D eigenvalue weighted by atomic mass is 9.77. The molecule has 7 heteroatoms. The lowest BCUT2D eigenvalue weighted by Crippen LogP contribution is -2.47. The second kappa shape index (κ2) is 6.16. The molecule has 126 valence electrons. The molecule has 0 N–H and O–H groups in total. The van der Waals surface area contributed by atoms with E-state index in [0.717, 1.165) is 12.1 Å². The first-order valence-corrected chi connectivity index (χ1v) is 7.91. The Morgan fingerprint density at radius 2 is 2.00 bits per heavy atom. The quantitative estimate of drug-likeness (QED) is 0.628. The van der Waals surface area contributed by atoms with Crippen molar-refractivity contribution in [3.63, 3.8) is 0 Å². The molecular formula is C17H19N3O4. The Kier molecular flexibility index (Phi) is 4.19. The van der Waals surface area contributed by atoms with E-state index in [2.05, 4.69) is 0 Å². The summed E-state index contributed by atoms with van der Waals surface area (Å²) < 4.78 is 0. The number of Topliss-reactive ketones (excluding diaryl/α,β-unsaturated/α-hetero) is 1. The fourth-order valence-electron chi connectivity index (χ4n) is 3.58. The molecule has 7 nitrogen and oxygen atoms in total. The standard InChI is InChI=1S/C17H19N3O4/c1-18(2)19-14-7-4-8-15(21)17(14)13(10-16(19)22)11-5-3-6-12(9-11)20(23)24/h3,5-6,9,13H,4,7-8,10H2,1-2H3. The van der Waals surface area contributed by atoms with Crippen molar-refractivity contribution in [3.8, 4) is 0 Å². The molecule has 0 saturated heterocycles. The average Bonchev–Trinajstić information content (AvgIpc) is 2.53. The maximum atomic E-state index is 12.6. The van der Waals surface area contributed by atoms with Crippen molar-refractivity contribution in [2.75, 3.05) is 14.1 Å². The van der Waals surface area contributed by atoms with Crippen LogP contribution in [0.1, 0.15) is 37.2 Å². The number of benzene rings is 1. The number of amides is 1. The molecule has 2 aliphatic rings. The molecule has 1 heterocycles. The van der Waals surface area contributed by atoms with Gasteiger partial charge in [0.2, 0.25) is 5.91 Å². The number of nitrogens with zero attached hydrogens (tertiary/aromatic N) is 3. The Bertz CT molecular complexity index is 754. The molecule has 1 aliphatic heterocycles. The Morgan fingerprint density at radius 3 is 2.67 bits per heavy atom. The van der Waals surface area contributed by atoms with E-state index in [-0.39, 0.29) is 23.8 Å². The first-order valence-electron chi connectivity index (χ1n) is 7.91. The number of nitro groups is 1. The summed E-state index contributed by atoms with van der Waals surface area (Å²) in [6.07, 6.45) is 1.98. The number of rotatable bonds is 3. The lowest BCUT2D eigenvalue weighted by Gasteiger charge is -2.40. The van der Waals surface area contributed by atoms with Gasteiger partial charge in [0.05, 0.1) is 4.92 Å². The summed E-state index contributed by atoms with van der Waals surface area (Å²) in [5.41, 5.74) is 2.00. The van der Waals surface area contributed by atoms with E-state index >= 15 is 0 Å². The maximum Gasteiger partial charge on any atom is 0.269 e. The van der Waals surface area contributed by atoms with Crippen molar-refractivity contribution in [1.29, 1.82) is 0 Å². The van der Waals surface area contributed by atoms with Crippen LogP contribution in [0.3, 0.4) is 0 Å². The van der Waals surface area contributed by atoms with Crippen molar-refractivity contribution in [1.82, 2.24) is 10.0 Å². The number of ketones is 1. The third kappa shape index (κ3) is 2.71. The second-order valence-corrected chi connectivity index (χ2v) is 6.30. The van der Waals surface area contributed by atoms with Gasteiger partial charge < -0.3 is 0 Å². The van der Waals surface area contributed by atoms with Crippen LogP contribution in [-0.4, -0.2) is 40.7 Å². The molecule has 1 aliphatic carbocycles. The molecule has 1 atom stereocenters. The zero-order chi connectivity index (χ0) is 17.4. The minimum absolute atomic E-state index is 0.0274. The summed E-state index contributed by atoms with van der Waals surface area (Å²) in [7, 11) is 3.55. The molecule has 1 aromatic rings. The predicted molar refractivity (Wildman–Crippen MR) is 86.9 cm³/mol. The highest BCUT2D eigenvalue weighted by Gasteiger charge is 2.40. The summed E-state index contributed by atoms with van der Waals surface area (Å²) in [6.45, 7) is 0. The molecule has 0 saturated carbocycles. The van der Waals surface area contributed by atoms with Crippen molar-refractivity contribution < 1.29 is 14.5 Å². The molecule has 1 unspecified atom stereocenters. The van der Waals surface area contributed by atoms with E-state index in [1.165, 1.54) is 12.1 Å². The molecule has 3 rings (SSSR count). The number of non-ortho nitro benzene ring substituents is 1. The summed E-state index contributed by atoms with van der Waals surface area (Å²) in [6, 6.07) is 6.24. The van der Waals surface area contributed by atoms with Gasteiger partial charge in [0.15, 0.2) is 5.78 Å². The summed E-state index contributed by atoms with van der Waals surface area (Å²) >= 11 is 0. The summed E-state index contributed by atoms with van der Waals surface area (Å²) in [4.78, 5) is 35.7. The van der Waals surface area contributed by atoms with Gasteiger partial charge in [-0.05, 0) is 18.4 Å². The van der Waals surface area contributed by atoms with Crippen LogP contribution in [0.4, 0.5) is 5.69 Å². The van der Waals surface area contributed by atoms with Crippen molar-refractivity contribution in [2.24, 2.45) is 0 Å². The number of hydrogen-bond acceptors (Lipinski definition) is 5. The van der Waals surface area contributed by atoms with Crippen LogP contribution in [0.25, 0.3) is 0 Å². The lowest BCUT2D eigenvalue weighted by molar-refractivity contribution is -0.384. The molecule has 0 spiro atoms. The zero-order valence-corrected chi connectivity index (χ0v) is 13.7. The third-order valence-electron chi connectivity index (χ3n) is 4.53. The van der Waals surface area contributed by atoms with Gasteiger partial charge in [0, 0.05) is 56.3 Å². The normalized spacial score (nSPS) is 21.3. The Morgan fingerprint density at radius 1 is 1.25 bits per heavy atom. The van der Waals surface area contributed by atoms with Crippen LogP contribution in [0, 0.1) is 10.1 Å². The van der Waals surface area contributed by atoms with Gasteiger partial charge in [-0.15, -0.1) is 0 Å². The number of carbonyl (C=O) groups excluding carboxylic acids is 2. The van der Waals surface area contributed by atoms with Gasteiger partial charge >= 0.3 is 0 Å². The van der Waals surface area contributed by atoms with E-state index < -0.39 is 10.8 Å². The van der Waals surface area contributed by atoms with Gasteiger partial charge in [0.1, 0.15) is 0 Å². The Hall–Kier alpha value is -2.54. The van der Waals surface area contributed by atoms with Gasteiger partial charge in [-0.3, -0.25) is 19.7 Å². The van der Waals surface area contributed by atoms with Gasteiger partial charge in [-0.1, -0.05) is 12.1 Å². The fraction of sp³-hybridized carbons (Fsp3) is 0.412. The predicted octanol–water partition coefficient (Wildman–Crippen LogP) is 2.39. The highest BCUT2D eigenvalue weighted by Crippen LogP contribution is 2.42. The van der Waals surface area contributed by atoms with Crippen LogP contribution >= 0.6 is 0 Å². The minimum Gasteiger partial charge on any atom is -0.294 e. The smallest absolute Gasteiger partial charge is 0.269 e. The van der Waals surface area contributed by atoms with Crippen LogP contribution < -0.4 is 0 Å². The number of hydrazine groups is 1. The molecule has 0 bridgehead atoms. The summed E-state index contributed by atoms with van der Waals surface area (Å²) in [5.74, 6) is -0.464. The van der Waals surface area contributed by atoms with Crippen LogP contribution in [0.2, 0.25) is 0 Å².